The number of benzene rings is 2. The van der Waals surface area contributed by atoms with Crippen LogP contribution in [0.2, 0.25) is 19.6 Å². The molecule has 0 atom stereocenters. The number of para-hydroxylation sites is 1. The number of fused-ring (bicyclic) bond motifs is 3. The Morgan fingerprint density at radius 1 is 0.923 bits per heavy atom. The molecule has 0 aliphatic carbocycles. The molecule has 26 heavy (non-hydrogen) atoms. The van der Waals surface area contributed by atoms with Gasteiger partial charge in [-0.05, 0) is 29.7 Å². The number of aromatic nitrogens is 1. The molecular formula is C23H25NOSi. The summed E-state index contributed by atoms with van der Waals surface area (Å²) in [5, 5.41) is 3.84. The second kappa shape index (κ2) is 6.10. The molecular weight excluding hydrogens is 334 g/mol. The second-order valence-corrected chi connectivity index (χ2v) is 13.5. The van der Waals surface area contributed by atoms with Crippen LogP contribution in [0, 0.1) is 0 Å². The minimum Gasteiger partial charge on any atom is -0.455 e. The Bertz CT molecular complexity index is 1090. The van der Waals surface area contributed by atoms with E-state index in [1.54, 1.807) is 0 Å². The summed E-state index contributed by atoms with van der Waals surface area (Å²) in [7, 11) is -1.36. The summed E-state index contributed by atoms with van der Waals surface area (Å²) in [5.41, 5.74) is 5.16. The highest BCUT2D eigenvalue weighted by Gasteiger charge is 2.19. The minimum atomic E-state index is -1.36. The molecule has 4 aromatic rings. The molecule has 0 N–H and O–H groups in total. The Labute approximate surface area is 155 Å². The molecule has 2 aromatic carbocycles. The Hall–Kier alpha value is -2.39. The standard InChI is InChI=1S/C23H25NOSi/c1-15(2)16-9-11-21(24-14-16)19-8-6-7-18-20-13-17(26(3,4)5)10-12-22(20)25-23(18)19/h6-15H,1-5H3. The monoisotopic (exact) mass is 359 g/mol. The molecule has 0 bridgehead atoms. The zero-order valence-electron chi connectivity index (χ0n) is 16.1. The molecule has 0 saturated carbocycles. The largest absolute Gasteiger partial charge is 0.455 e. The van der Waals surface area contributed by atoms with E-state index in [0.29, 0.717) is 5.92 Å². The van der Waals surface area contributed by atoms with Crippen LogP contribution in [0.15, 0.2) is 59.1 Å². The zero-order valence-corrected chi connectivity index (χ0v) is 17.1. The van der Waals surface area contributed by atoms with E-state index in [2.05, 4.69) is 82.0 Å². The number of pyridine rings is 1. The van der Waals surface area contributed by atoms with E-state index in [-0.39, 0.29) is 0 Å². The van der Waals surface area contributed by atoms with Crippen molar-refractivity contribution < 1.29 is 4.42 Å². The van der Waals surface area contributed by atoms with E-state index >= 15 is 0 Å². The topological polar surface area (TPSA) is 26.0 Å². The van der Waals surface area contributed by atoms with E-state index in [0.717, 1.165) is 22.4 Å². The summed E-state index contributed by atoms with van der Waals surface area (Å²) in [5.74, 6) is 0.485. The van der Waals surface area contributed by atoms with Crippen molar-refractivity contribution in [1.29, 1.82) is 0 Å². The first kappa shape index (κ1) is 17.0. The van der Waals surface area contributed by atoms with Crippen LogP contribution in [-0.2, 0) is 0 Å². The van der Waals surface area contributed by atoms with Gasteiger partial charge in [-0.15, -0.1) is 0 Å². The van der Waals surface area contributed by atoms with Crippen LogP contribution >= 0.6 is 0 Å². The third-order valence-electron chi connectivity index (χ3n) is 5.09. The number of furan rings is 1. The van der Waals surface area contributed by atoms with Gasteiger partial charge < -0.3 is 4.42 Å². The smallest absolute Gasteiger partial charge is 0.144 e. The number of hydrogen-bond donors (Lipinski definition) is 0. The quantitative estimate of drug-likeness (QED) is 0.400. The molecule has 0 saturated heterocycles. The van der Waals surface area contributed by atoms with Crippen LogP contribution in [-0.4, -0.2) is 13.1 Å². The van der Waals surface area contributed by atoms with Crippen LogP contribution < -0.4 is 5.19 Å². The zero-order chi connectivity index (χ0) is 18.5. The van der Waals surface area contributed by atoms with Crippen LogP contribution in [0.1, 0.15) is 25.3 Å². The van der Waals surface area contributed by atoms with Gasteiger partial charge in [0.1, 0.15) is 11.2 Å². The molecule has 2 nitrogen and oxygen atoms in total. The fraction of sp³-hybridized carbons (Fsp3) is 0.261. The van der Waals surface area contributed by atoms with Gasteiger partial charge in [0, 0.05) is 22.5 Å². The highest BCUT2D eigenvalue weighted by molar-refractivity contribution is 6.88. The van der Waals surface area contributed by atoms with Gasteiger partial charge >= 0.3 is 0 Å². The Morgan fingerprint density at radius 3 is 2.38 bits per heavy atom. The first-order chi connectivity index (χ1) is 12.3. The maximum Gasteiger partial charge on any atom is 0.144 e. The van der Waals surface area contributed by atoms with Crippen molar-refractivity contribution in [3.63, 3.8) is 0 Å². The number of hydrogen-bond acceptors (Lipinski definition) is 2. The van der Waals surface area contributed by atoms with Crippen molar-refractivity contribution in [2.75, 3.05) is 0 Å². The lowest BCUT2D eigenvalue weighted by molar-refractivity contribution is 0.670. The molecule has 0 aliphatic rings. The predicted octanol–water partition coefficient (Wildman–Crippen LogP) is 6.32. The van der Waals surface area contributed by atoms with Gasteiger partial charge in [-0.1, -0.05) is 69.0 Å². The lowest BCUT2D eigenvalue weighted by atomic mass is 10.0. The van der Waals surface area contributed by atoms with Crippen molar-refractivity contribution in [2.45, 2.75) is 39.4 Å². The van der Waals surface area contributed by atoms with Crippen molar-refractivity contribution in [3.8, 4) is 11.3 Å². The van der Waals surface area contributed by atoms with Crippen LogP contribution in [0.3, 0.4) is 0 Å². The van der Waals surface area contributed by atoms with E-state index < -0.39 is 8.07 Å². The van der Waals surface area contributed by atoms with E-state index in [1.807, 2.05) is 6.20 Å². The highest BCUT2D eigenvalue weighted by atomic mass is 28.3. The fourth-order valence-electron chi connectivity index (χ4n) is 3.37. The average molecular weight is 360 g/mol. The summed E-state index contributed by atoms with van der Waals surface area (Å²) in [4.78, 5) is 4.69. The lowest BCUT2D eigenvalue weighted by Gasteiger charge is -2.16. The van der Waals surface area contributed by atoms with E-state index in [9.17, 15) is 0 Å². The second-order valence-electron chi connectivity index (χ2n) is 8.38. The van der Waals surface area contributed by atoms with Crippen molar-refractivity contribution in [2.24, 2.45) is 0 Å². The van der Waals surface area contributed by atoms with E-state index in [4.69, 9.17) is 9.40 Å². The first-order valence-corrected chi connectivity index (χ1v) is 12.8. The maximum atomic E-state index is 6.26. The van der Waals surface area contributed by atoms with E-state index in [1.165, 1.54) is 21.5 Å². The highest BCUT2D eigenvalue weighted by Crippen LogP contribution is 2.35. The van der Waals surface area contributed by atoms with Gasteiger partial charge in [0.05, 0.1) is 13.8 Å². The van der Waals surface area contributed by atoms with Crippen molar-refractivity contribution >= 4 is 35.2 Å². The molecule has 2 aromatic heterocycles. The Morgan fingerprint density at radius 2 is 1.73 bits per heavy atom. The SMILES string of the molecule is CC(C)c1ccc(-c2cccc3c2oc2ccc([Si](C)(C)C)cc23)nc1. The summed E-state index contributed by atoms with van der Waals surface area (Å²) in [6.07, 6.45) is 1.98. The molecule has 0 amide bonds. The van der Waals surface area contributed by atoms with Crippen LogP contribution in [0.4, 0.5) is 0 Å². The van der Waals surface area contributed by atoms with Crippen molar-refractivity contribution in [3.05, 3.63) is 60.3 Å². The van der Waals surface area contributed by atoms with Gasteiger partial charge in [0.25, 0.3) is 0 Å². The van der Waals surface area contributed by atoms with Gasteiger partial charge in [0.15, 0.2) is 0 Å². The Kier molecular flexibility index (Phi) is 4.00. The molecule has 0 aliphatic heterocycles. The summed E-state index contributed by atoms with van der Waals surface area (Å²) in [6, 6.07) is 17.3. The summed E-state index contributed by atoms with van der Waals surface area (Å²) in [6.45, 7) is 11.5. The fourth-order valence-corrected chi connectivity index (χ4v) is 4.53. The molecule has 2 heterocycles. The van der Waals surface area contributed by atoms with Crippen LogP contribution in [0.25, 0.3) is 33.2 Å². The minimum absolute atomic E-state index is 0.485. The number of nitrogens with zero attached hydrogens (tertiary/aromatic N) is 1. The molecule has 3 heteroatoms. The molecule has 132 valence electrons. The Balaban J connectivity index is 1.91. The van der Waals surface area contributed by atoms with Gasteiger partial charge in [-0.3, -0.25) is 4.98 Å². The lowest BCUT2D eigenvalue weighted by Crippen LogP contribution is -2.37. The molecule has 0 unspecified atom stereocenters. The van der Waals surface area contributed by atoms with Crippen molar-refractivity contribution in [1.82, 2.24) is 4.98 Å². The maximum absolute atomic E-state index is 6.26. The third kappa shape index (κ3) is 2.86. The molecule has 0 radical (unpaired) electrons. The normalized spacial score (nSPS) is 12.4. The molecule has 0 spiro atoms. The molecule has 0 fully saturated rings. The summed E-state index contributed by atoms with van der Waals surface area (Å²) < 4.78 is 6.26. The summed E-state index contributed by atoms with van der Waals surface area (Å²) >= 11 is 0. The van der Waals surface area contributed by atoms with Gasteiger partial charge in [-0.25, -0.2) is 0 Å². The number of rotatable bonds is 3. The third-order valence-corrected chi connectivity index (χ3v) is 7.13. The molecule has 4 rings (SSSR count). The first-order valence-electron chi connectivity index (χ1n) is 9.26. The van der Waals surface area contributed by atoms with Crippen LogP contribution in [0.5, 0.6) is 0 Å². The van der Waals surface area contributed by atoms with Gasteiger partial charge in [-0.2, -0.15) is 0 Å². The van der Waals surface area contributed by atoms with Gasteiger partial charge in [0.2, 0.25) is 0 Å². The predicted molar refractivity (Wildman–Crippen MR) is 114 cm³/mol. The average Bonchev–Trinajstić information content (AvgIpc) is 2.99.